The second kappa shape index (κ2) is 7.80. The van der Waals surface area contributed by atoms with Crippen LogP contribution < -0.4 is 10.1 Å². The van der Waals surface area contributed by atoms with E-state index in [2.05, 4.69) is 5.32 Å². The monoisotopic (exact) mass is 388 g/mol. The summed E-state index contributed by atoms with van der Waals surface area (Å²) in [4.78, 5) is 26.8. The first kappa shape index (κ1) is 18.9. The number of halogens is 2. The molecule has 0 aromatic heterocycles. The van der Waals surface area contributed by atoms with Crippen LogP contribution in [0, 0.1) is 5.82 Å². The number of benzene rings is 2. The lowest BCUT2D eigenvalue weighted by Gasteiger charge is -2.14. The molecule has 0 atom stereocenters. The van der Waals surface area contributed by atoms with Gasteiger partial charge in [0.1, 0.15) is 17.3 Å². The molecular formula is C20H18ClFN2O3. The Morgan fingerprint density at radius 2 is 1.81 bits per heavy atom. The zero-order valence-corrected chi connectivity index (χ0v) is 15.6. The van der Waals surface area contributed by atoms with Gasteiger partial charge in [0.25, 0.3) is 11.8 Å². The molecule has 0 saturated heterocycles. The van der Waals surface area contributed by atoms with Crippen molar-refractivity contribution < 1.29 is 18.7 Å². The van der Waals surface area contributed by atoms with E-state index in [0.717, 1.165) is 0 Å². The van der Waals surface area contributed by atoms with Gasteiger partial charge in [-0.05, 0) is 42.3 Å². The van der Waals surface area contributed by atoms with Crippen LogP contribution >= 0.6 is 11.6 Å². The van der Waals surface area contributed by atoms with Crippen LogP contribution in [0.4, 0.5) is 10.1 Å². The fourth-order valence-electron chi connectivity index (χ4n) is 2.89. The first-order chi connectivity index (χ1) is 13.0. The topological polar surface area (TPSA) is 58.6 Å². The molecule has 0 radical (unpaired) electrons. The van der Waals surface area contributed by atoms with Crippen LogP contribution in [0.2, 0.25) is 5.02 Å². The van der Waals surface area contributed by atoms with Crippen molar-refractivity contribution >= 4 is 34.7 Å². The van der Waals surface area contributed by atoms with Gasteiger partial charge in [-0.1, -0.05) is 30.7 Å². The largest absolute Gasteiger partial charge is 0.495 e. The summed E-state index contributed by atoms with van der Waals surface area (Å²) in [6.07, 6.45) is 0.635. The van der Waals surface area contributed by atoms with Crippen molar-refractivity contribution in [3.8, 4) is 5.75 Å². The highest BCUT2D eigenvalue weighted by molar-refractivity contribution is 6.36. The van der Waals surface area contributed by atoms with Crippen LogP contribution in [0.15, 0.2) is 48.2 Å². The van der Waals surface area contributed by atoms with Crippen molar-refractivity contribution in [3.63, 3.8) is 0 Å². The first-order valence-electron chi connectivity index (χ1n) is 8.43. The summed E-state index contributed by atoms with van der Waals surface area (Å²) in [5.41, 5.74) is 1.35. The van der Waals surface area contributed by atoms with E-state index in [1.54, 1.807) is 18.2 Å². The van der Waals surface area contributed by atoms with E-state index in [9.17, 15) is 14.0 Å². The highest BCUT2D eigenvalue weighted by Crippen LogP contribution is 2.33. The summed E-state index contributed by atoms with van der Waals surface area (Å²) in [7, 11) is 1.51. The molecular weight excluding hydrogens is 371 g/mol. The van der Waals surface area contributed by atoms with Crippen LogP contribution in [0.25, 0.3) is 5.57 Å². The van der Waals surface area contributed by atoms with Crippen LogP contribution in [0.5, 0.6) is 5.75 Å². The number of carbonyl (C=O) groups is 2. The lowest BCUT2D eigenvalue weighted by Crippen LogP contribution is -2.33. The molecule has 0 unspecified atom stereocenters. The Kier molecular flexibility index (Phi) is 5.46. The lowest BCUT2D eigenvalue weighted by molar-refractivity contribution is -0.136. The summed E-state index contributed by atoms with van der Waals surface area (Å²) >= 11 is 6.14. The molecule has 0 bridgehead atoms. The quantitative estimate of drug-likeness (QED) is 0.757. The van der Waals surface area contributed by atoms with Crippen molar-refractivity contribution in [3.05, 3.63) is 64.6 Å². The Bertz CT molecular complexity index is 925. The van der Waals surface area contributed by atoms with Crippen molar-refractivity contribution in [1.82, 2.24) is 4.90 Å². The third kappa shape index (κ3) is 3.66. The molecule has 1 aliphatic heterocycles. The summed E-state index contributed by atoms with van der Waals surface area (Å²) < 4.78 is 18.4. The molecule has 5 nitrogen and oxygen atoms in total. The molecule has 1 aliphatic rings. The van der Waals surface area contributed by atoms with Crippen LogP contribution in [-0.2, 0) is 9.59 Å². The van der Waals surface area contributed by atoms with E-state index in [4.69, 9.17) is 16.3 Å². The smallest absolute Gasteiger partial charge is 0.278 e. The molecule has 0 spiro atoms. The number of imide groups is 1. The number of ether oxygens (including phenoxy) is 1. The Morgan fingerprint density at radius 1 is 1.11 bits per heavy atom. The molecule has 0 aliphatic carbocycles. The molecule has 1 heterocycles. The average molecular weight is 389 g/mol. The molecule has 2 aromatic rings. The maximum Gasteiger partial charge on any atom is 0.278 e. The predicted molar refractivity (Wildman–Crippen MR) is 102 cm³/mol. The van der Waals surface area contributed by atoms with Gasteiger partial charge in [0.15, 0.2) is 0 Å². The third-order valence-electron chi connectivity index (χ3n) is 4.17. The molecule has 140 valence electrons. The zero-order valence-electron chi connectivity index (χ0n) is 14.9. The number of amides is 2. The first-order valence-corrected chi connectivity index (χ1v) is 8.81. The molecule has 1 N–H and O–H groups in total. The maximum absolute atomic E-state index is 13.3. The molecule has 0 saturated carbocycles. The summed E-state index contributed by atoms with van der Waals surface area (Å²) in [6.45, 7) is 2.18. The standard InChI is InChI=1S/C20H18ClFN2O3/c1-3-10-24-19(25)17(12-4-6-13(22)7-5-12)18(20(24)26)23-14-8-9-16(27-2)15(21)11-14/h4-9,11,23H,3,10H2,1-2H3. The SMILES string of the molecule is CCCN1C(=O)C(Nc2ccc(OC)c(Cl)c2)=C(c2ccc(F)cc2)C1=O. The fourth-order valence-corrected chi connectivity index (χ4v) is 3.15. The van der Waals surface area contributed by atoms with E-state index < -0.39 is 17.6 Å². The van der Waals surface area contributed by atoms with Crippen molar-refractivity contribution in [2.24, 2.45) is 0 Å². The highest BCUT2D eigenvalue weighted by Gasteiger charge is 2.38. The number of methoxy groups -OCH3 is 1. The molecule has 7 heteroatoms. The van der Waals surface area contributed by atoms with Crippen molar-refractivity contribution in [2.45, 2.75) is 13.3 Å². The second-order valence-corrected chi connectivity index (χ2v) is 6.40. The molecule has 27 heavy (non-hydrogen) atoms. The average Bonchev–Trinajstić information content (AvgIpc) is 2.87. The summed E-state index contributed by atoms with van der Waals surface area (Å²) in [5, 5.41) is 3.37. The molecule has 0 fully saturated rings. The van der Waals surface area contributed by atoms with Crippen molar-refractivity contribution in [2.75, 3.05) is 19.0 Å². The summed E-state index contributed by atoms with van der Waals surface area (Å²) in [6, 6.07) is 10.4. The Hall–Kier alpha value is -2.86. The minimum Gasteiger partial charge on any atom is -0.495 e. The Labute approximate surface area is 161 Å². The van der Waals surface area contributed by atoms with Crippen LogP contribution in [-0.4, -0.2) is 30.4 Å². The zero-order chi connectivity index (χ0) is 19.6. The number of rotatable bonds is 6. The highest BCUT2D eigenvalue weighted by atomic mass is 35.5. The van der Waals surface area contributed by atoms with Gasteiger partial charge < -0.3 is 10.1 Å². The minimum atomic E-state index is -0.423. The molecule has 2 amide bonds. The minimum absolute atomic E-state index is 0.140. The van der Waals surface area contributed by atoms with Gasteiger partial charge in [-0.15, -0.1) is 0 Å². The van der Waals surface area contributed by atoms with Gasteiger partial charge in [0.2, 0.25) is 0 Å². The van der Waals surface area contributed by atoms with Gasteiger partial charge in [-0.25, -0.2) is 4.39 Å². The molecule has 2 aromatic carbocycles. The molecule has 3 rings (SSSR count). The fraction of sp³-hybridized carbons (Fsp3) is 0.200. The van der Waals surface area contributed by atoms with E-state index in [0.29, 0.717) is 35.0 Å². The number of anilines is 1. The Morgan fingerprint density at radius 3 is 2.41 bits per heavy atom. The van der Waals surface area contributed by atoms with Crippen molar-refractivity contribution in [1.29, 1.82) is 0 Å². The Balaban J connectivity index is 2.05. The van der Waals surface area contributed by atoms with Gasteiger partial charge >= 0.3 is 0 Å². The van der Waals surface area contributed by atoms with Gasteiger partial charge in [0.05, 0.1) is 17.7 Å². The predicted octanol–water partition coefficient (Wildman–Crippen LogP) is 4.09. The van der Waals surface area contributed by atoms with E-state index in [1.165, 1.54) is 36.3 Å². The number of hydrogen-bond donors (Lipinski definition) is 1. The van der Waals surface area contributed by atoms with Gasteiger partial charge in [0, 0.05) is 12.2 Å². The van der Waals surface area contributed by atoms with Gasteiger partial charge in [-0.2, -0.15) is 0 Å². The maximum atomic E-state index is 13.3. The van der Waals surface area contributed by atoms with E-state index >= 15 is 0 Å². The van der Waals surface area contributed by atoms with Crippen LogP contribution in [0.1, 0.15) is 18.9 Å². The van der Waals surface area contributed by atoms with Gasteiger partial charge in [-0.3, -0.25) is 14.5 Å². The van der Waals surface area contributed by atoms with E-state index in [1.807, 2.05) is 6.92 Å². The van der Waals surface area contributed by atoms with Crippen LogP contribution in [0.3, 0.4) is 0 Å². The number of hydrogen-bond acceptors (Lipinski definition) is 4. The third-order valence-corrected chi connectivity index (χ3v) is 4.46. The van der Waals surface area contributed by atoms with E-state index in [-0.39, 0.29) is 11.3 Å². The number of nitrogens with zero attached hydrogens (tertiary/aromatic N) is 1. The lowest BCUT2D eigenvalue weighted by atomic mass is 10.0. The number of nitrogens with one attached hydrogen (secondary N) is 1. The normalized spacial score (nSPS) is 14.1. The second-order valence-electron chi connectivity index (χ2n) is 5.99. The number of carbonyl (C=O) groups excluding carboxylic acids is 2. The summed E-state index contributed by atoms with van der Waals surface area (Å²) in [5.74, 6) is -0.752.